The smallest absolute Gasteiger partial charge is 0.243 e. The van der Waals surface area contributed by atoms with Gasteiger partial charge in [0, 0.05) is 49.7 Å². The minimum atomic E-state index is -3.97. The number of halogens is 1. The summed E-state index contributed by atoms with van der Waals surface area (Å²) in [5.74, 6) is -0.248. The highest BCUT2D eigenvalue weighted by Gasteiger charge is 2.60. The van der Waals surface area contributed by atoms with Crippen LogP contribution in [0, 0.1) is 0 Å². The summed E-state index contributed by atoms with van der Waals surface area (Å²) in [5, 5.41) is 2.19. The molecule has 0 N–H and O–H groups in total. The lowest BCUT2D eigenvalue weighted by molar-refractivity contribution is -0.183. The number of piperidine rings is 1. The van der Waals surface area contributed by atoms with Gasteiger partial charge in [0.25, 0.3) is 0 Å². The largest absolute Gasteiger partial charge is 0.384 e. The Hall–Kier alpha value is -2.76. The van der Waals surface area contributed by atoms with Gasteiger partial charge in [0.05, 0.1) is 36.7 Å². The fourth-order valence-electron chi connectivity index (χ4n) is 6.11. The molecule has 3 fully saturated rings. The summed E-state index contributed by atoms with van der Waals surface area (Å²) in [4.78, 5) is 21.9. The zero-order valence-corrected chi connectivity index (χ0v) is 23.3. The summed E-state index contributed by atoms with van der Waals surface area (Å²) in [6.07, 6.45) is 5.41. The van der Waals surface area contributed by atoms with E-state index in [0.717, 1.165) is 42.4 Å². The van der Waals surface area contributed by atoms with Gasteiger partial charge in [-0.2, -0.15) is 4.31 Å². The number of aromatic nitrogens is 1. The van der Waals surface area contributed by atoms with Crippen LogP contribution in [-0.2, 0) is 24.3 Å². The molecule has 4 heterocycles. The average Bonchev–Trinajstić information content (AvgIpc) is 3.26. The van der Waals surface area contributed by atoms with Crippen molar-refractivity contribution >= 4 is 44.0 Å². The minimum absolute atomic E-state index is 0.0545. The van der Waals surface area contributed by atoms with Crippen molar-refractivity contribution in [2.45, 2.75) is 35.5 Å². The molecule has 2 aromatic carbocycles. The van der Waals surface area contributed by atoms with Gasteiger partial charge in [-0.1, -0.05) is 23.7 Å². The zero-order valence-electron chi connectivity index (χ0n) is 21.8. The second-order valence-corrected chi connectivity index (χ2v) is 12.9. The minimum Gasteiger partial charge on any atom is -0.384 e. The average molecular weight is 571 g/mol. The first kappa shape index (κ1) is 26.5. The van der Waals surface area contributed by atoms with Gasteiger partial charge in [-0.25, -0.2) is 8.42 Å². The van der Waals surface area contributed by atoms with E-state index < -0.39 is 21.3 Å². The first-order valence-corrected chi connectivity index (χ1v) is 14.9. The maximum absolute atomic E-state index is 13.8. The zero-order chi connectivity index (χ0) is 27.3. The number of amides is 1. The third kappa shape index (κ3) is 4.78. The molecule has 1 amide bonds. The van der Waals surface area contributed by atoms with Gasteiger partial charge in [-0.15, -0.1) is 0 Å². The quantitative estimate of drug-likeness (QED) is 0.448. The molecule has 206 valence electrons. The lowest BCUT2D eigenvalue weighted by atomic mass is 9.91. The van der Waals surface area contributed by atoms with Crippen molar-refractivity contribution in [2.24, 2.45) is 0 Å². The molecule has 1 aromatic heterocycles. The third-order valence-corrected chi connectivity index (χ3v) is 10.2. The SMILES string of the molecule is COCCC12CN(S(=O)(=O)c3ccc4cc(Cl)ccc4c3)CC(=O)N1CC1(CCN(c3ccncc3)CC1)O2. The fraction of sp³-hybridized carbons (Fsp3) is 0.429. The molecule has 0 bridgehead atoms. The maximum Gasteiger partial charge on any atom is 0.243 e. The summed E-state index contributed by atoms with van der Waals surface area (Å²) in [6.45, 7) is 2.17. The molecule has 3 aromatic rings. The van der Waals surface area contributed by atoms with Crippen LogP contribution in [0.25, 0.3) is 10.8 Å². The number of hydrogen-bond acceptors (Lipinski definition) is 7. The summed E-state index contributed by atoms with van der Waals surface area (Å²) < 4.78 is 41.2. The van der Waals surface area contributed by atoms with E-state index >= 15 is 0 Å². The molecule has 1 atom stereocenters. The standard InChI is InChI=1S/C28H31ClN4O5S/c1-37-15-10-28-20-32(39(35,36)25-5-3-21-16-23(29)4-2-22(21)17-25)18-26(34)33(28)19-27(38-28)8-13-31(14-9-27)24-6-11-30-12-7-24/h2-7,11-12,16-17H,8-10,13-15,18-20H2,1H3. The normalized spacial score (nSPS) is 23.5. The number of fused-ring (bicyclic) bond motifs is 2. The van der Waals surface area contributed by atoms with E-state index in [0.29, 0.717) is 24.6 Å². The van der Waals surface area contributed by atoms with Gasteiger partial charge >= 0.3 is 0 Å². The van der Waals surface area contributed by atoms with Crippen molar-refractivity contribution in [1.82, 2.24) is 14.2 Å². The van der Waals surface area contributed by atoms with E-state index in [2.05, 4.69) is 9.88 Å². The van der Waals surface area contributed by atoms with Gasteiger partial charge in [0.1, 0.15) is 0 Å². The van der Waals surface area contributed by atoms with Gasteiger partial charge in [0.2, 0.25) is 15.9 Å². The van der Waals surface area contributed by atoms with E-state index in [1.165, 1.54) is 4.31 Å². The number of anilines is 1. The van der Waals surface area contributed by atoms with Gasteiger partial charge in [0.15, 0.2) is 5.72 Å². The number of carbonyl (C=O) groups is 1. The van der Waals surface area contributed by atoms with Crippen LogP contribution in [0.2, 0.25) is 5.02 Å². The Morgan fingerprint density at radius 2 is 1.74 bits per heavy atom. The Kier molecular flexibility index (Phi) is 6.79. The molecule has 6 rings (SSSR count). The van der Waals surface area contributed by atoms with E-state index in [1.54, 1.807) is 60.8 Å². The number of hydrogen-bond donors (Lipinski definition) is 0. The fourth-order valence-corrected chi connectivity index (χ4v) is 7.76. The second-order valence-electron chi connectivity index (χ2n) is 10.6. The van der Waals surface area contributed by atoms with Crippen LogP contribution in [0.15, 0.2) is 65.8 Å². The third-order valence-electron chi connectivity index (χ3n) is 8.19. The van der Waals surface area contributed by atoms with Crippen LogP contribution < -0.4 is 4.90 Å². The first-order chi connectivity index (χ1) is 18.7. The Bertz CT molecular complexity index is 1500. The number of pyridine rings is 1. The van der Waals surface area contributed by atoms with E-state index in [-0.39, 0.29) is 23.9 Å². The van der Waals surface area contributed by atoms with Crippen molar-refractivity contribution in [1.29, 1.82) is 0 Å². The van der Waals surface area contributed by atoms with Gasteiger partial charge in [-0.3, -0.25) is 9.78 Å². The number of benzene rings is 2. The second kappa shape index (κ2) is 10.0. The van der Waals surface area contributed by atoms with Crippen molar-refractivity contribution in [2.75, 3.05) is 51.3 Å². The molecule has 3 saturated heterocycles. The van der Waals surface area contributed by atoms with E-state index in [1.807, 2.05) is 12.1 Å². The molecular formula is C28H31ClN4O5S. The Balaban J connectivity index is 1.27. The molecule has 0 radical (unpaired) electrons. The Morgan fingerprint density at radius 1 is 1.03 bits per heavy atom. The Labute approximate surface area is 233 Å². The Morgan fingerprint density at radius 3 is 2.49 bits per heavy atom. The molecule has 0 saturated carbocycles. The molecule has 39 heavy (non-hydrogen) atoms. The number of methoxy groups -OCH3 is 1. The van der Waals surface area contributed by atoms with E-state index in [9.17, 15) is 13.2 Å². The monoisotopic (exact) mass is 570 g/mol. The van der Waals surface area contributed by atoms with Gasteiger partial charge in [-0.05, 0) is 60.0 Å². The number of ether oxygens (including phenoxy) is 2. The van der Waals surface area contributed by atoms with Crippen molar-refractivity contribution in [3.05, 3.63) is 65.9 Å². The molecule has 9 nitrogen and oxygen atoms in total. The summed E-state index contributed by atoms with van der Waals surface area (Å²) >= 11 is 6.10. The number of rotatable bonds is 6. The molecule has 1 spiro atoms. The van der Waals surface area contributed by atoms with Gasteiger partial charge < -0.3 is 19.3 Å². The molecule has 3 aliphatic heterocycles. The molecule has 1 unspecified atom stereocenters. The number of sulfonamides is 1. The number of piperazine rings is 1. The maximum atomic E-state index is 13.8. The molecule has 0 aliphatic carbocycles. The molecule has 3 aliphatic rings. The van der Waals surface area contributed by atoms with Crippen molar-refractivity contribution < 1.29 is 22.7 Å². The lowest BCUT2D eigenvalue weighted by Crippen LogP contribution is -2.63. The van der Waals surface area contributed by atoms with Crippen LogP contribution in [0.4, 0.5) is 5.69 Å². The van der Waals surface area contributed by atoms with Crippen molar-refractivity contribution in [3.63, 3.8) is 0 Å². The first-order valence-electron chi connectivity index (χ1n) is 13.1. The predicted octanol–water partition coefficient (Wildman–Crippen LogP) is 3.52. The van der Waals surface area contributed by atoms with Crippen LogP contribution in [0.3, 0.4) is 0 Å². The van der Waals surface area contributed by atoms with Crippen LogP contribution in [-0.4, -0.2) is 86.3 Å². The number of carbonyl (C=O) groups excluding carboxylic acids is 1. The molecule has 11 heteroatoms. The topological polar surface area (TPSA) is 92.3 Å². The van der Waals surface area contributed by atoms with Crippen LogP contribution in [0.1, 0.15) is 19.3 Å². The summed E-state index contributed by atoms with van der Waals surface area (Å²) in [6, 6.07) is 14.2. The van der Waals surface area contributed by atoms with Crippen LogP contribution in [0.5, 0.6) is 0 Å². The van der Waals surface area contributed by atoms with Crippen LogP contribution >= 0.6 is 11.6 Å². The number of nitrogens with zero attached hydrogens (tertiary/aromatic N) is 4. The van der Waals surface area contributed by atoms with E-state index in [4.69, 9.17) is 21.1 Å². The molecular weight excluding hydrogens is 540 g/mol. The highest BCUT2D eigenvalue weighted by molar-refractivity contribution is 7.89. The highest BCUT2D eigenvalue weighted by atomic mass is 35.5. The highest BCUT2D eigenvalue weighted by Crippen LogP contribution is 2.45. The lowest BCUT2D eigenvalue weighted by Gasteiger charge is -2.45. The summed E-state index contributed by atoms with van der Waals surface area (Å²) in [7, 11) is -2.37. The van der Waals surface area contributed by atoms with Crippen molar-refractivity contribution in [3.8, 4) is 0 Å². The predicted molar refractivity (Wildman–Crippen MR) is 148 cm³/mol. The summed E-state index contributed by atoms with van der Waals surface area (Å²) in [5.41, 5.74) is -0.507.